The van der Waals surface area contributed by atoms with Crippen molar-refractivity contribution >= 4 is 25.8 Å². The Morgan fingerprint density at radius 2 is 2.04 bits per heavy atom. The molecule has 1 aliphatic heterocycles. The van der Waals surface area contributed by atoms with Gasteiger partial charge in [0.05, 0.1) is 6.10 Å². The van der Waals surface area contributed by atoms with Crippen LogP contribution < -0.4 is 0 Å². The Balaban J connectivity index is 2.08. The zero-order valence-corrected chi connectivity index (χ0v) is 18.0. The van der Waals surface area contributed by atoms with Crippen LogP contribution >= 0.6 is 11.6 Å². The van der Waals surface area contributed by atoms with Gasteiger partial charge in [-0.15, -0.1) is 0 Å². The number of nitrogens with zero attached hydrogens (tertiary/aromatic N) is 1. The van der Waals surface area contributed by atoms with E-state index in [0.29, 0.717) is 6.42 Å². The maximum absolute atomic E-state index is 11.9. The molecule has 1 unspecified atom stereocenters. The molecule has 5 heteroatoms. The van der Waals surface area contributed by atoms with Gasteiger partial charge in [0.1, 0.15) is 0 Å². The molecule has 0 bridgehead atoms. The molecule has 140 valence electrons. The normalized spacial score (nSPS) is 17.2. The summed E-state index contributed by atoms with van der Waals surface area (Å²) >= 11 is 6.15. The number of carbonyl (C=O) groups excluding carboxylic acids is 1. The third kappa shape index (κ3) is 5.83. The van der Waals surface area contributed by atoms with Crippen molar-refractivity contribution in [1.29, 1.82) is 0 Å². The van der Waals surface area contributed by atoms with Crippen molar-refractivity contribution in [2.75, 3.05) is 13.1 Å². The SMILES string of the molecule is CC(C)(C)[Si](C)(C)OC(CCN1CCCC1=O)Cc1cccc(Cl)c1. The number of likely N-dealkylation sites (tertiary alicyclic amines) is 1. The molecular formula is C20H32ClNO2Si. The van der Waals surface area contributed by atoms with Gasteiger partial charge >= 0.3 is 0 Å². The molecule has 1 aliphatic rings. The highest BCUT2D eigenvalue weighted by Crippen LogP contribution is 2.38. The monoisotopic (exact) mass is 381 g/mol. The van der Waals surface area contributed by atoms with Crippen molar-refractivity contribution in [3.05, 3.63) is 34.9 Å². The second kappa shape index (κ2) is 8.23. The van der Waals surface area contributed by atoms with E-state index in [1.54, 1.807) is 0 Å². The van der Waals surface area contributed by atoms with Crippen LogP contribution in [-0.4, -0.2) is 38.3 Å². The van der Waals surface area contributed by atoms with Gasteiger partial charge in [-0.2, -0.15) is 0 Å². The number of amides is 1. The van der Waals surface area contributed by atoms with Crippen LogP contribution in [0.4, 0.5) is 0 Å². The van der Waals surface area contributed by atoms with Gasteiger partial charge in [-0.1, -0.05) is 44.5 Å². The molecule has 3 nitrogen and oxygen atoms in total. The Morgan fingerprint density at radius 1 is 1.32 bits per heavy atom. The summed E-state index contributed by atoms with van der Waals surface area (Å²) in [6.45, 7) is 13.1. The lowest BCUT2D eigenvalue weighted by molar-refractivity contribution is -0.127. The highest BCUT2D eigenvalue weighted by Gasteiger charge is 2.39. The van der Waals surface area contributed by atoms with E-state index in [1.807, 2.05) is 23.1 Å². The Kier molecular flexibility index (Phi) is 6.74. The van der Waals surface area contributed by atoms with Gasteiger partial charge < -0.3 is 9.33 Å². The van der Waals surface area contributed by atoms with Gasteiger partial charge in [-0.05, 0) is 55.1 Å². The topological polar surface area (TPSA) is 29.5 Å². The van der Waals surface area contributed by atoms with E-state index in [1.165, 1.54) is 5.56 Å². The van der Waals surface area contributed by atoms with Gasteiger partial charge in [0.15, 0.2) is 8.32 Å². The standard InChI is InChI=1S/C20H32ClNO2Si/c1-20(2,3)25(4,5)24-18(11-13-22-12-7-10-19(22)23)15-16-8-6-9-17(21)14-16/h6,8-9,14,18H,7,10-13,15H2,1-5H3. The third-order valence-corrected chi connectivity index (χ3v) is 10.3. The molecule has 0 spiro atoms. The number of hydrogen-bond donors (Lipinski definition) is 0. The van der Waals surface area contributed by atoms with E-state index in [2.05, 4.69) is 39.9 Å². The fraction of sp³-hybridized carbons (Fsp3) is 0.650. The number of halogens is 1. The average molecular weight is 382 g/mol. The first-order valence-electron chi connectivity index (χ1n) is 9.28. The first kappa shape index (κ1) is 20.5. The van der Waals surface area contributed by atoms with Crippen LogP contribution in [0.15, 0.2) is 24.3 Å². The van der Waals surface area contributed by atoms with Crippen LogP contribution in [0.1, 0.15) is 45.6 Å². The highest BCUT2D eigenvalue weighted by atomic mass is 35.5. The highest BCUT2D eigenvalue weighted by molar-refractivity contribution is 6.74. The van der Waals surface area contributed by atoms with Crippen LogP contribution in [0.3, 0.4) is 0 Å². The van der Waals surface area contributed by atoms with Gasteiger partial charge in [0, 0.05) is 24.5 Å². The van der Waals surface area contributed by atoms with Crippen molar-refractivity contribution < 1.29 is 9.22 Å². The van der Waals surface area contributed by atoms with Crippen LogP contribution in [0, 0.1) is 0 Å². The number of hydrogen-bond acceptors (Lipinski definition) is 2. The lowest BCUT2D eigenvalue weighted by atomic mass is 10.1. The molecule has 1 aromatic rings. The van der Waals surface area contributed by atoms with Gasteiger partial charge in [0.25, 0.3) is 0 Å². The minimum absolute atomic E-state index is 0.118. The van der Waals surface area contributed by atoms with Crippen molar-refractivity contribution in [1.82, 2.24) is 4.90 Å². The van der Waals surface area contributed by atoms with E-state index in [4.69, 9.17) is 16.0 Å². The van der Waals surface area contributed by atoms with Crippen molar-refractivity contribution in [2.45, 2.75) is 70.7 Å². The third-order valence-electron chi connectivity index (χ3n) is 5.51. The summed E-state index contributed by atoms with van der Waals surface area (Å²) in [5.41, 5.74) is 1.20. The average Bonchev–Trinajstić information content (AvgIpc) is 2.88. The molecule has 0 radical (unpaired) electrons. The Hall–Kier alpha value is -0.843. The fourth-order valence-electron chi connectivity index (χ4n) is 2.96. The van der Waals surface area contributed by atoms with Crippen LogP contribution in [-0.2, 0) is 15.6 Å². The van der Waals surface area contributed by atoms with Crippen molar-refractivity contribution in [3.63, 3.8) is 0 Å². The first-order valence-corrected chi connectivity index (χ1v) is 12.6. The van der Waals surface area contributed by atoms with E-state index in [9.17, 15) is 4.79 Å². The van der Waals surface area contributed by atoms with Crippen LogP contribution in [0.5, 0.6) is 0 Å². The maximum Gasteiger partial charge on any atom is 0.222 e. The Labute approximate surface area is 158 Å². The molecule has 1 fully saturated rings. The molecule has 1 amide bonds. The quantitative estimate of drug-likeness (QED) is 0.601. The van der Waals surface area contributed by atoms with Crippen LogP contribution in [0.25, 0.3) is 0 Å². The van der Waals surface area contributed by atoms with E-state index >= 15 is 0 Å². The summed E-state index contributed by atoms with van der Waals surface area (Å²) in [4.78, 5) is 13.9. The van der Waals surface area contributed by atoms with E-state index < -0.39 is 8.32 Å². The van der Waals surface area contributed by atoms with Crippen molar-refractivity contribution in [2.24, 2.45) is 0 Å². The summed E-state index contributed by atoms with van der Waals surface area (Å²) in [6.07, 6.45) is 3.52. The molecule has 1 heterocycles. The Bertz CT molecular complexity index is 598. The molecule has 25 heavy (non-hydrogen) atoms. The van der Waals surface area contributed by atoms with Gasteiger partial charge in [-0.3, -0.25) is 4.79 Å². The first-order chi connectivity index (χ1) is 11.6. The number of carbonyl (C=O) groups is 1. The predicted molar refractivity (Wildman–Crippen MR) is 108 cm³/mol. The molecule has 0 aliphatic carbocycles. The zero-order chi connectivity index (χ0) is 18.7. The molecule has 1 atom stereocenters. The summed E-state index contributed by atoms with van der Waals surface area (Å²) in [5, 5.41) is 0.932. The maximum atomic E-state index is 11.9. The molecular weight excluding hydrogens is 350 g/mol. The number of benzene rings is 1. The summed E-state index contributed by atoms with van der Waals surface area (Å²) in [6, 6.07) is 8.02. The summed E-state index contributed by atoms with van der Waals surface area (Å²) in [5.74, 6) is 0.286. The second-order valence-electron chi connectivity index (χ2n) is 8.61. The molecule has 0 N–H and O–H groups in total. The molecule has 0 aromatic heterocycles. The minimum atomic E-state index is -1.87. The Morgan fingerprint density at radius 3 is 2.60 bits per heavy atom. The van der Waals surface area contributed by atoms with Gasteiger partial charge in [0.2, 0.25) is 5.91 Å². The molecule has 0 saturated carbocycles. The molecule has 1 aromatic carbocycles. The van der Waals surface area contributed by atoms with Crippen LogP contribution in [0.2, 0.25) is 23.2 Å². The number of rotatable bonds is 7. The zero-order valence-electron chi connectivity index (χ0n) is 16.3. The van der Waals surface area contributed by atoms with Gasteiger partial charge in [-0.25, -0.2) is 0 Å². The lowest BCUT2D eigenvalue weighted by Gasteiger charge is -2.39. The molecule has 1 saturated heterocycles. The summed E-state index contributed by atoms with van der Waals surface area (Å²) < 4.78 is 6.70. The minimum Gasteiger partial charge on any atom is -0.414 e. The lowest BCUT2D eigenvalue weighted by Crippen LogP contribution is -2.45. The smallest absolute Gasteiger partial charge is 0.222 e. The fourth-order valence-corrected chi connectivity index (χ4v) is 4.56. The van der Waals surface area contributed by atoms with Crippen molar-refractivity contribution in [3.8, 4) is 0 Å². The largest absolute Gasteiger partial charge is 0.414 e. The predicted octanol–water partition coefficient (Wildman–Crippen LogP) is 5.29. The van der Waals surface area contributed by atoms with E-state index in [-0.39, 0.29) is 17.0 Å². The molecule has 2 rings (SSSR count). The van der Waals surface area contributed by atoms with E-state index in [0.717, 1.165) is 37.4 Å². The summed E-state index contributed by atoms with van der Waals surface area (Å²) in [7, 11) is -1.87. The second-order valence-corrected chi connectivity index (χ2v) is 13.8.